The summed E-state index contributed by atoms with van der Waals surface area (Å²) in [5.74, 6) is -0.349. The highest BCUT2D eigenvalue weighted by atomic mass is 35.5. The van der Waals surface area contributed by atoms with Crippen LogP contribution in [-0.4, -0.2) is 41.1 Å². The summed E-state index contributed by atoms with van der Waals surface area (Å²) in [6, 6.07) is 7.49. The van der Waals surface area contributed by atoms with Gasteiger partial charge in [0, 0.05) is 36.4 Å². The van der Waals surface area contributed by atoms with Crippen molar-refractivity contribution >= 4 is 51.3 Å². The first-order valence-corrected chi connectivity index (χ1v) is 9.86. The van der Waals surface area contributed by atoms with Crippen LogP contribution in [0.1, 0.15) is 10.4 Å². The summed E-state index contributed by atoms with van der Waals surface area (Å²) < 4.78 is 5.11. The van der Waals surface area contributed by atoms with Crippen molar-refractivity contribution in [2.24, 2.45) is 0 Å². The highest BCUT2D eigenvalue weighted by Gasteiger charge is 2.22. The molecule has 2 aromatic heterocycles. The van der Waals surface area contributed by atoms with Crippen LogP contribution in [-0.2, 0) is 4.74 Å². The van der Waals surface area contributed by atoms with Crippen LogP contribution in [0.4, 0.5) is 10.8 Å². The van der Waals surface area contributed by atoms with Gasteiger partial charge in [0.2, 0.25) is 0 Å². The molecule has 3 aromatic rings. The number of hydrogen-bond donors (Lipinski definition) is 0. The first-order valence-electron chi connectivity index (χ1n) is 8.23. The molecule has 11 heteroatoms. The summed E-state index contributed by atoms with van der Waals surface area (Å²) in [6.45, 7) is 0.565. The van der Waals surface area contributed by atoms with E-state index < -0.39 is 4.92 Å². The lowest BCUT2D eigenvalue weighted by molar-refractivity contribution is -0.384. The van der Waals surface area contributed by atoms with Crippen LogP contribution in [0.25, 0.3) is 11.3 Å². The van der Waals surface area contributed by atoms with E-state index in [4.69, 9.17) is 27.9 Å². The summed E-state index contributed by atoms with van der Waals surface area (Å²) >= 11 is 13.1. The van der Waals surface area contributed by atoms with Crippen LogP contribution in [0.2, 0.25) is 10.2 Å². The predicted octanol–water partition coefficient (Wildman–Crippen LogP) is 4.71. The molecule has 0 bridgehead atoms. The third kappa shape index (κ3) is 4.88. The van der Waals surface area contributed by atoms with Gasteiger partial charge in [-0.15, -0.1) is 11.3 Å². The van der Waals surface area contributed by atoms with E-state index in [0.717, 1.165) is 0 Å². The zero-order valence-corrected chi connectivity index (χ0v) is 17.4. The fraction of sp³-hybridized carbons (Fsp3) is 0.167. The molecule has 1 aromatic carbocycles. The molecule has 0 saturated carbocycles. The number of nitro benzene ring substituents is 1. The number of methoxy groups -OCH3 is 1. The quantitative estimate of drug-likeness (QED) is 0.292. The fourth-order valence-corrected chi connectivity index (χ4v) is 3.56. The van der Waals surface area contributed by atoms with Crippen LogP contribution < -0.4 is 4.90 Å². The number of halogens is 2. The normalized spacial score (nSPS) is 10.7. The number of amides is 1. The molecular weight excluding hydrogens is 439 g/mol. The van der Waals surface area contributed by atoms with Gasteiger partial charge in [-0.1, -0.05) is 23.2 Å². The van der Waals surface area contributed by atoms with E-state index in [-0.39, 0.29) is 33.9 Å². The van der Waals surface area contributed by atoms with Crippen LogP contribution >= 0.6 is 34.5 Å². The van der Waals surface area contributed by atoms with E-state index in [1.807, 2.05) is 0 Å². The van der Waals surface area contributed by atoms with E-state index >= 15 is 0 Å². The van der Waals surface area contributed by atoms with Gasteiger partial charge in [0.15, 0.2) is 5.13 Å². The second kappa shape index (κ2) is 9.27. The maximum absolute atomic E-state index is 13.0. The minimum Gasteiger partial charge on any atom is -0.383 e. The molecular formula is C18H14Cl2N4O4S. The van der Waals surface area contributed by atoms with Crippen molar-refractivity contribution in [1.82, 2.24) is 9.97 Å². The number of nitrogens with zero attached hydrogens (tertiary/aromatic N) is 4. The Morgan fingerprint density at radius 1 is 1.31 bits per heavy atom. The first kappa shape index (κ1) is 21.1. The SMILES string of the molecule is COCCN(C(=O)c1cnc(Cl)c(Cl)c1)c1nc(-c2ccc([N+](=O)[O-])cc2)cs1. The largest absolute Gasteiger partial charge is 0.383 e. The van der Waals surface area contributed by atoms with Crippen LogP contribution in [0.15, 0.2) is 41.9 Å². The van der Waals surface area contributed by atoms with Crippen LogP contribution in [0, 0.1) is 10.1 Å². The van der Waals surface area contributed by atoms with Gasteiger partial charge in [-0.25, -0.2) is 9.97 Å². The number of carbonyl (C=O) groups excluding carboxylic acids is 1. The third-order valence-electron chi connectivity index (χ3n) is 3.90. The Hall–Kier alpha value is -2.59. The second-order valence-corrected chi connectivity index (χ2v) is 7.37. The summed E-state index contributed by atoms with van der Waals surface area (Å²) in [5.41, 5.74) is 1.56. The van der Waals surface area contributed by atoms with E-state index in [1.54, 1.807) is 17.5 Å². The van der Waals surface area contributed by atoms with Gasteiger partial charge in [0.05, 0.1) is 34.4 Å². The number of benzene rings is 1. The topological polar surface area (TPSA) is 98.5 Å². The molecule has 0 unspecified atom stereocenters. The Bertz CT molecular complexity index is 1040. The number of carbonyl (C=O) groups is 1. The van der Waals surface area contributed by atoms with Crippen LogP contribution in [0.3, 0.4) is 0 Å². The molecule has 0 N–H and O–H groups in total. The molecule has 0 atom stereocenters. The number of rotatable bonds is 7. The molecule has 0 saturated heterocycles. The minimum absolute atomic E-state index is 0.00628. The highest BCUT2D eigenvalue weighted by molar-refractivity contribution is 7.14. The summed E-state index contributed by atoms with van der Waals surface area (Å²) in [5, 5.41) is 13.3. The summed E-state index contributed by atoms with van der Waals surface area (Å²) in [4.78, 5) is 33.2. The van der Waals surface area contributed by atoms with Crippen molar-refractivity contribution in [2.45, 2.75) is 0 Å². The Morgan fingerprint density at radius 3 is 2.66 bits per heavy atom. The van der Waals surface area contributed by atoms with E-state index in [9.17, 15) is 14.9 Å². The zero-order valence-electron chi connectivity index (χ0n) is 15.0. The first-order chi connectivity index (χ1) is 13.9. The Kier molecular flexibility index (Phi) is 6.75. The zero-order chi connectivity index (χ0) is 21.0. The molecule has 150 valence electrons. The van der Waals surface area contributed by atoms with Crippen LogP contribution in [0.5, 0.6) is 0 Å². The number of hydrogen-bond acceptors (Lipinski definition) is 7. The smallest absolute Gasteiger partial charge is 0.269 e. The molecule has 8 nitrogen and oxygen atoms in total. The third-order valence-corrected chi connectivity index (χ3v) is 5.45. The average molecular weight is 453 g/mol. The van der Waals surface area contributed by atoms with Crippen molar-refractivity contribution in [1.29, 1.82) is 0 Å². The van der Waals surface area contributed by atoms with Gasteiger partial charge < -0.3 is 4.74 Å². The molecule has 3 rings (SSSR count). The lowest BCUT2D eigenvalue weighted by Crippen LogP contribution is -2.34. The highest BCUT2D eigenvalue weighted by Crippen LogP contribution is 2.30. The standard InChI is InChI=1S/C18H14Cl2N4O4S/c1-28-7-6-23(17(25)12-8-14(19)16(20)21-9-12)18-22-15(10-29-18)11-2-4-13(5-3-11)24(26)27/h2-5,8-10H,6-7H2,1H3. The maximum Gasteiger partial charge on any atom is 0.269 e. The van der Waals surface area contributed by atoms with Crippen molar-refractivity contribution in [3.8, 4) is 11.3 Å². The lowest BCUT2D eigenvalue weighted by atomic mass is 10.1. The van der Waals surface area contributed by atoms with Crippen molar-refractivity contribution < 1.29 is 14.5 Å². The fourth-order valence-electron chi connectivity index (χ4n) is 2.44. The second-order valence-electron chi connectivity index (χ2n) is 5.77. The molecule has 29 heavy (non-hydrogen) atoms. The summed E-state index contributed by atoms with van der Waals surface area (Å²) in [6.07, 6.45) is 1.35. The molecule has 2 heterocycles. The molecule has 0 aliphatic carbocycles. The van der Waals surface area contributed by atoms with Gasteiger partial charge in [-0.05, 0) is 18.2 Å². The molecule has 0 aliphatic heterocycles. The number of aromatic nitrogens is 2. The predicted molar refractivity (Wildman–Crippen MR) is 112 cm³/mol. The van der Waals surface area contributed by atoms with E-state index in [0.29, 0.717) is 23.0 Å². The number of non-ortho nitro benzene ring substituents is 1. The number of thiazole rings is 1. The minimum atomic E-state index is -0.466. The van der Waals surface area contributed by atoms with E-state index in [2.05, 4.69) is 9.97 Å². The molecule has 0 fully saturated rings. The molecule has 0 radical (unpaired) electrons. The van der Waals surface area contributed by atoms with Gasteiger partial charge in [0.1, 0.15) is 5.15 Å². The van der Waals surface area contributed by atoms with Crippen molar-refractivity contribution in [3.05, 3.63) is 67.8 Å². The molecule has 1 amide bonds. The number of nitro groups is 1. The van der Waals surface area contributed by atoms with E-state index in [1.165, 1.54) is 47.7 Å². The van der Waals surface area contributed by atoms with Crippen molar-refractivity contribution in [3.63, 3.8) is 0 Å². The summed E-state index contributed by atoms with van der Waals surface area (Å²) in [7, 11) is 1.54. The van der Waals surface area contributed by atoms with Gasteiger partial charge in [0.25, 0.3) is 11.6 Å². The van der Waals surface area contributed by atoms with Crippen molar-refractivity contribution in [2.75, 3.05) is 25.2 Å². The lowest BCUT2D eigenvalue weighted by Gasteiger charge is -2.19. The maximum atomic E-state index is 13.0. The molecule has 0 aliphatic rings. The van der Waals surface area contributed by atoms with Gasteiger partial charge >= 0.3 is 0 Å². The molecule has 0 spiro atoms. The number of anilines is 1. The Morgan fingerprint density at radius 2 is 2.03 bits per heavy atom. The monoisotopic (exact) mass is 452 g/mol. The number of pyridine rings is 1. The Balaban J connectivity index is 1.90. The van der Waals surface area contributed by atoms with Gasteiger partial charge in [-0.2, -0.15) is 0 Å². The number of ether oxygens (including phenoxy) is 1. The average Bonchev–Trinajstić information content (AvgIpc) is 3.20. The Labute approximate surface area is 179 Å². The van der Waals surface area contributed by atoms with Gasteiger partial charge in [-0.3, -0.25) is 19.8 Å².